The van der Waals surface area contributed by atoms with E-state index in [4.69, 9.17) is 11.6 Å². The van der Waals surface area contributed by atoms with Gasteiger partial charge in [0.2, 0.25) is 0 Å². The summed E-state index contributed by atoms with van der Waals surface area (Å²) in [5.74, 6) is 0. The van der Waals surface area contributed by atoms with E-state index < -0.39 is 22.3 Å². The Bertz CT molecular complexity index is 683. The third-order valence-corrected chi connectivity index (χ3v) is 4.45. The van der Waals surface area contributed by atoms with Gasteiger partial charge in [-0.1, -0.05) is 34.7 Å². The van der Waals surface area contributed by atoms with Crippen LogP contribution in [-0.4, -0.2) is 21.0 Å². The van der Waals surface area contributed by atoms with Gasteiger partial charge in [0.1, 0.15) is 10.0 Å². The number of hydrogen-bond acceptors (Lipinski definition) is 5. The summed E-state index contributed by atoms with van der Waals surface area (Å²) >= 11 is 8.13. The van der Waals surface area contributed by atoms with Gasteiger partial charge in [0.15, 0.2) is 4.34 Å². The number of rotatable bonds is 3. The Morgan fingerprint density at radius 1 is 1.45 bits per heavy atom. The summed E-state index contributed by atoms with van der Waals surface area (Å²) in [5.41, 5.74) is -1.67. The molecule has 20 heavy (non-hydrogen) atoms. The van der Waals surface area contributed by atoms with Gasteiger partial charge in [-0.25, -0.2) is 0 Å². The summed E-state index contributed by atoms with van der Waals surface area (Å²) in [6, 6.07) is 0.619. The molecule has 0 radical (unpaired) electrons. The van der Waals surface area contributed by atoms with Crippen LogP contribution in [0.2, 0.25) is 5.02 Å². The topological polar surface area (TPSA) is 47.8 Å². The normalized spacial score (nSPS) is 11.8. The molecule has 0 aliphatic heterocycles. The summed E-state index contributed by atoms with van der Waals surface area (Å²) in [7, 11) is 0. The number of aromatic nitrogens is 3. The molecule has 108 valence electrons. The van der Waals surface area contributed by atoms with Gasteiger partial charge in [0.05, 0.1) is 12.1 Å². The fourth-order valence-electron chi connectivity index (χ4n) is 1.40. The molecule has 0 unspecified atom stereocenters. The van der Waals surface area contributed by atoms with Crippen LogP contribution in [0, 0.1) is 0 Å². The molecular formula is C10H7ClF3N3OS2. The molecule has 10 heteroatoms. The van der Waals surface area contributed by atoms with E-state index in [0.717, 1.165) is 10.8 Å². The molecule has 4 nitrogen and oxygen atoms in total. The highest BCUT2D eigenvalue weighted by Crippen LogP contribution is 2.30. The Labute approximate surface area is 124 Å². The third kappa shape index (κ3) is 3.33. The lowest BCUT2D eigenvalue weighted by Gasteiger charge is -2.10. The van der Waals surface area contributed by atoms with Crippen molar-refractivity contribution in [2.75, 3.05) is 6.26 Å². The Hall–Kier alpha value is -1.06. The van der Waals surface area contributed by atoms with Crippen molar-refractivity contribution in [1.82, 2.24) is 14.8 Å². The molecule has 0 saturated carbocycles. The number of thioether (sulfide) groups is 1. The minimum Gasteiger partial charge on any atom is -0.307 e. The average Bonchev–Trinajstić information content (AvgIpc) is 2.81. The van der Waals surface area contributed by atoms with Gasteiger partial charge < -0.3 is 4.57 Å². The number of pyridine rings is 1. The van der Waals surface area contributed by atoms with Crippen LogP contribution in [0.5, 0.6) is 0 Å². The smallest absolute Gasteiger partial charge is 0.307 e. The summed E-state index contributed by atoms with van der Waals surface area (Å²) in [5, 5.41) is 7.58. The van der Waals surface area contributed by atoms with Crippen LogP contribution in [0.25, 0.3) is 0 Å². The molecule has 2 rings (SSSR count). The van der Waals surface area contributed by atoms with Gasteiger partial charge in [-0.05, 0) is 12.3 Å². The van der Waals surface area contributed by atoms with Crippen LogP contribution in [-0.2, 0) is 12.7 Å². The van der Waals surface area contributed by atoms with Gasteiger partial charge >= 0.3 is 6.18 Å². The zero-order valence-corrected chi connectivity index (χ0v) is 12.3. The van der Waals surface area contributed by atoms with Crippen molar-refractivity contribution in [1.29, 1.82) is 0 Å². The molecule has 0 atom stereocenters. The first-order valence-electron chi connectivity index (χ1n) is 5.15. The maximum absolute atomic E-state index is 12.7. The van der Waals surface area contributed by atoms with Crippen molar-refractivity contribution in [3.05, 3.63) is 38.2 Å². The molecule has 0 amide bonds. The van der Waals surface area contributed by atoms with Crippen molar-refractivity contribution in [3.8, 4) is 0 Å². The van der Waals surface area contributed by atoms with Gasteiger partial charge in [0, 0.05) is 6.20 Å². The van der Waals surface area contributed by atoms with E-state index in [9.17, 15) is 18.0 Å². The highest BCUT2D eigenvalue weighted by molar-refractivity contribution is 8.00. The van der Waals surface area contributed by atoms with Gasteiger partial charge in [-0.3, -0.25) is 4.79 Å². The zero-order chi connectivity index (χ0) is 14.9. The highest BCUT2D eigenvalue weighted by atomic mass is 35.5. The largest absolute Gasteiger partial charge is 0.417 e. The van der Waals surface area contributed by atoms with Crippen LogP contribution in [0.3, 0.4) is 0 Å². The quantitative estimate of drug-likeness (QED) is 0.805. The molecule has 0 N–H and O–H groups in total. The van der Waals surface area contributed by atoms with Crippen molar-refractivity contribution in [2.24, 2.45) is 0 Å². The second kappa shape index (κ2) is 5.74. The Balaban J connectivity index is 2.40. The van der Waals surface area contributed by atoms with Crippen molar-refractivity contribution in [3.63, 3.8) is 0 Å². The average molecular weight is 342 g/mol. The summed E-state index contributed by atoms with van der Waals surface area (Å²) in [6.07, 6.45) is -2.03. The Kier molecular flexibility index (Phi) is 4.40. The minimum absolute atomic E-state index is 0.0965. The number of hydrogen-bond donors (Lipinski definition) is 0. The molecular weight excluding hydrogens is 335 g/mol. The number of nitrogens with zero attached hydrogens (tertiary/aromatic N) is 3. The fourth-order valence-corrected chi connectivity index (χ4v) is 2.94. The summed E-state index contributed by atoms with van der Waals surface area (Å²) in [4.78, 5) is 11.7. The van der Waals surface area contributed by atoms with Crippen LogP contribution in [0.15, 0.2) is 21.4 Å². The first-order chi connectivity index (χ1) is 9.31. The Morgan fingerprint density at radius 3 is 2.70 bits per heavy atom. The maximum Gasteiger partial charge on any atom is 0.417 e. The summed E-state index contributed by atoms with van der Waals surface area (Å²) in [6.45, 7) is -0.0965. The molecule has 0 bridgehead atoms. The number of halogens is 4. The van der Waals surface area contributed by atoms with Crippen LogP contribution < -0.4 is 5.56 Å². The fraction of sp³-hybridized carbons (Fsp3) is 0.300. The maximum atomic E-state index is 12.7. The highest BCUT2D eigenvalue weighted by Gasteiger charge is 2.32. The van der Waals surface area contributed by atoms with Crippen LogP contribution in [0.4, 0.5) is 13.2 Å². The Morgan fingerprint density at radius 2 is 2.15 bits per heavy atom. The molecule has 2 aromatic heterocycles. The second-order valence-electron chi connectivity index (χ2n) is 3.67. The van der Waals surface area contributed by atoms with Crippen LogP contribution >= 0.6 is 34.7 Å². The molecule has 0 aromatic carbocycles. The lowest BCUT2D eigenvalue weighted by molar-refractivity contribution is -0.138. The van der Waals surface area contributed by atoms with Crippen molar-refractivity contribution >= 4 is 34.7 Å². The molecule has 0 fully saturated rings. The zero-order valence-electron chi connectivity index (χ0n) is 9.94. The molecule has 0 aliphatic rings. The van der Waals surface area contributed by atoms with E-state index in [1.165, 1.54) is 23.1 Å². The second-order valence-corrected chi connectivity index (χ2v) is 6.20. The van der Waals surface area contributed by atoms with E-state index >= 15 is 0 Å². The van der Waals surface area contributed by atoms with E-state index in [1.807, 2.05) is 0 Å². The summed E-state index contributed by atoms with van der Waals surface area (Å²) < 4.78 is 39.6. The first-order valence-corrected chi connectivity index (χ1v) is 7.56. The minimum atomic E-state index is -4.56. The van der Waals surface area contributed by atoms with Crippen LogP contribution in [0.1, 0.15) is 10.6 Å². The third-order valence-electron chi connectivity index (χ3n) is 2.30. The monoisotopic (exact) mass is 341 g/mol. The lowest BCUT2D eigenvalue weighted by atomic mass is 10.2. The molecule has 0 saturated heterocycles. The molecule has 2 heterocycles. The van der Waals surface area contributed by atoms with E-state index in [-0.39, 0.29) is 6.54 Å². The van der Waals surface area contributed by atoms with E-state index in [0.29, 0.717) is 15.4 Å². The standard InChI is InChI=1S/C10H7ClF3N3OS2/c1-19-9-16-15-7(20-9)4-17-3-5(10(12,13)14)2-6(11)8(17)18/h2-3H,4H2,1H3. The SMILES string of the molecule is CSc1nnc(Cn2cc(C(F)(F)F)cc(Cl)c2=O)s1. The van der Waals surface area contributed by atoms with Gasteiger partial charge in [0.25, 0.3) is 5.56 Å². The van der Waals surface area contributed by atoms with Gasteiger partial charge in [-0.15, -0.1) is 10.2 Å². The first kappa shape index (κ1) is 15.3. The van der Waals surface area contributed by atoms with Gasteiger partial charge in [-0.2, -0.15) is 13.2 Å². The lowest BCUT2D eigenvalue weighted by Crippen LogP contribution is -2.23. The molecule has 2 aromatic rings. The van der Waals surface area contributed by atoms with Crippen molar-refractivity contribution < 1.29 is 13.2 Å². The van der Waals surface area contributed by atoms with E-state index in [1.54, 1.807) is 6.26 Å². The van der Waals surface area contributed by atoms with E-state index in [2.05, 4.69) is 10.2 Å². The van der Waals surface area contributed by atoms with Crippen molar-refractivity contribution in [2.45, 2.75) is 17.1 Å². The molecule has 0 spiro atoms. The predicted molar refractivity (Wildman–Crippen MR) is 71.5 cm³/mol. The predicted octanol–water partition coefficient (Wildman–Crippen LogP) is 3.14. The molecule has 0 aliphatic carbocycles. The number of alkyl halides is 3.